The molecule has 0 saturated carbocycles. The van der Waals surface area contributed by atoms with Gasteiger partial charge in [0.1, 0.15) is 11.4 Å². The largest absolute Gasteiger partial charge is 0.494 e. The molecule has 3 heterocycles. The zero-order valence-electron chi connectivity index (χ0n) is 14.3. The molecule has 130 valence electrons. The van der Waals surface area contributed by atoms with Gasteiger partial charge < -0.3 is 9.15 Å². The van der Waals surface area contributed by atoms with Crippen LogP contribution in [0.3, 0.4) is 0 Å². The minimum Gasteiger partial charge on any atom is -0.494 e. The molecule has 0 spiro atoms. The van der Waals surface area contributed by atoms with Crippen LogP contribution in [0.2, 0.25) is 0 Å². The molecule has 0 fully saturated rings. The molecule has 6 heteroatoms. The van der Waals surface area contributed by atoms with Gasteiger partial charge in [-0.05, 0) is 48.4 Å². The standard InChI is InChI=1S/C20H17N3O2S/c1-2-11-24-15-7-5-14(6-8-15)17-13-26-20-22-19(18-4-3-12-25-18)16(9-10-21)23(17)20/h3-8,12-13H,2,9,11H2,1H3. The van der Waals surface area contributed by atoms with Crippen LogP contribution >= 0.6 is 11.3 Å². The molecule has 0 aliphatic carbocycles. The van der Waals surface area contributed by atoms with E-state index in [2.05, 4.69) is 23.4 Å². The third kappa shape index (κ3) is 2.87. The van der Waals surface area contributed by atoms with Crippen molar-refractivity contribution in [1.82, 2.24) is 9.38 Å². The molecule has 0 aliphatic rings. The van der Waals surface area contributed by atoms with Gasteiger partial charge in [-0.2, -0.15) is 5.26 Å². The Morgan fingerprint density at radius 1 is 1.27 bits per heavy atom. The number of ether oxygens (including phenoxy) is 1. The van der Waals surface area contributed by atoms with E-state index in [0.29, 0.717) is 12.4 Å². The van der Waals surface area contributed by atoms with E-state index in [0.717, 1.165) is 39.8 Å². The molecule has 26 heavy (non-hydrogen) atoms. The summed E-state index contributed by atoms with van der Waals surface area (Å²) in [4.78, 5) is 5.54. The highest BCUT2D eigenvalue weighted by molar-refractivity contribution is 7.15. The molecule has 4 rings (SSSR count). The van der Waals surface area contributed by atoms with Crippen LogP contribution in [0.4, 0.5) is 0 Å². The number of aromatic nitrogens is 2. The highest BCUT2D eigenvalue weighted by Gasteiger charge is 2.20. The Balaban J connectivity index is 1.80. The van der Waals surface area contributed by atoms with Crippen LogP contribution in [0, 0.1) is 11.3 Å². The lowest BCUT2D eigenvalue weighted by Gasteiger charge is -2.07. The van der Waals surface area contributed by atoms with Gasteiger partial charge in [-0.15, -0.1) is 11.3 Å². The van der Waals surface area contributed by atoms with Crippen molar-refractivity contribution in [1.29, 1.82) is 5.26 Å². The first kappa shape index (κ1) is 16.4. The van der Waals surface area contributed by atoms with Crippen LogP contribution < -0.4 is 4.74 Å². The number of fused-ring (bicyclic) bond motifs is 1. The SMILES string of the molecule is CCCOc1ccc(-c2csc3nc(-c4ccco4)c(CC#N)n23)cc1. The highest BCUT2D eigenvalue weighted by atomic mass is 32.1. The molecular weight excluding hydrogens is 346 g/mol. The Kier molecular flexibility index (Phi) is 4.46. The van der Waals surface area contributed by atoms with Crippen molar-refractivity contribution >= 4 is 16.3 Å². The van der Waals surface area contributed by atoms with Crippen LogP contribution in [0.1, 0.15) is 19.0 Å². The van der Waals surface area contributed by atoms with E-state index in [1.807, 2.05) is 40.8 Å². The van der Waals surface area contributed by atoms with E-state index in [4.69, 9.17) is 9.15 Å². The molecular formula is C20H17N3O2S. The third-order valence-corrected chi connectivity index (χ3v) is 4.91. The molecule has 0 aliphatic heterocycles. The monoisotopic (exact) mass is 363 g/mol. The van der Waals surface area contributed by atoms with E-state index < -0.39 is 0 Å². The van der Waals surface area contributed by atoms with Crippen molar-refractivity contribution in [2.45, 2.75) is 19.8 Å². The maximum absolute atomic E-state index is 9.30. The Bertz CT molecular complexity index is 1050. The quantitative estimate of drug-likeness (QED) is 0.474. The second-order valence-electron chi connectivity index (χ2n) is 5.83. The van der Waals surface area contributed by atoms with E-state index in [9.17, 15) is 5.26 Å². The summed E-state index contributed by atoms with van der Waals surface area (Å²) >= 11 is 1.55. The number of thiazole rings is 1. The number of nitriles is 1. The second kappa shape index (κ2) is 7.06. The second-order valence-corrected chi connectivity index (χ2v) is 6.67. The fourth-order valence-corrected chi connectivity index (χ4v) is 3.82. The fraction of sp³-hybridized carbons (Fsp3) is 0.200. The number of hydrogen-bond acceptors (Lipinski definition) is 5. The predicted octanol–water partition coefficient (Wildman–Crippen LogP) is 5.18. The van der Waals surface area contributed by atoms with Gasteiger partial charge in [-0.1, -0.05) is 6.92 Å². The molecule has 0 amide bonds. The summed E-state index contributed by atoms with van der Waals surface area (Å²) in [6.07, 6.45) is 2.86. The maximum atomic E-state index is 9.30. The first-order valence-corrected chi connectivity index (χ1v) is 9.32. The molecule has 0 N–H and O–H groups in total. The average Bonchev–Trinajstić information content (AvgIpc) is 3.38. The molecule has 0 saturated heterocycles. The smallest absolute Gasteiger partial charge is 0.195 e. The molecule has 0 radical (unpaired) electrons. The summed E-state index contributed by atoms with van der Waals surface area (Å²) in [7, 11) is 0. The van der Waals surface area contributed by atoms with Crippen molar-refractivity contribution in [3.05, 3.63) is 53.7 Å². The molecule has 4 aromatic rings. The van der Waals surface area contributed by atoms with Crippen LogP contribution in [0.25, 0.3) is 27.7 Å². The number of benzene rings is 1. The number of hydrogen-bond donors (Lipinski definition) is 0. The van der Waals surface area contributed by atoms with Crippen molar-refractivity contribution in [3.8, 4) is 34.5 Å². The van der Waals surface area contributed by atoms with Crippen molar-refractivity contribution in [3.63, 3.8) is 0 Å². The van der Waals surface area contributed by atoms with Gasteiger partial charge in [0.2, 0.25) is 0 Å². The van der Waals surface area contributed by atoms with Crippen LogP contribution in [-0.2, 0) is 6.42 Å². The minimum atomic E-state index is 0.263. The van der Waals surface area contributed by atoms with Crippen LogP contribution in [0.5, 0.6) is 5.75 Å². The summed E-state index contributed by atoms with van der Waals surface area (Å²) in [6, 6.07) is 14.0. The van der Waals surface area contributed by atoms with Crippen LogP contribution in [0.15, 0.2) is 52.5 Å². The molecule has 1 aromatic carbocycles. The molecule has 3 aromatic heterocycles. The fourth-order valence-electron chi connectivity index (χ4n) is 2.91. The summed E-state index contributed by atoms with van der Waals surface area (Å²) < 4.78 is 13.2. The van der Waals surface area contributed by atoms with Gasteiger partial charge in [0.05, 0.1) is 36.7 Å². The van der Waals surface area contributed by atoms with Gasteiger partial charge >= 0.3 is 0 Å². The van der Waals surface area contributed by atoms with Gasteiger partial charge in [-0.25, -0.2) is 4.98 Å². The Morgan fingerprint density at radius 2 is 2.12 bits per heavy atom. The zero-order valence-corrected chi connectivity index (χ0v) is 15.1. The Hall–Kier alpha value is -3.04. The normalized spacial score (nSPS) is 10.9. The lowest BCUT2D eigenvalue weighted by Crippen LogP contribution is -1.96. The van der Waals surface area contributed by atoms with E-state index in [-0.39, 0.29) is 6.42 Å². The number of nitrogens with zero attached hydrogens (tertiary/aromatic N) is 3. The number of rotatable bonds is 6. The summed E-state index contributed by atoms with van der Waals surface area (Å²) in [5.74, 6) is 1.54. The Labute approximate surface area is 155 Å². The van der Waals surface area contributed by atoms with Crippen molar-refractivity contribution in [2.24, 2.45) is 0 Å². The third-order valence-electron chi connectivity index (χ3n) is 4.08. The number of furan rings is 1. The van der Waals surface area contributed by atoms with Gasteiger partial charge in [-0.3, -0.25) is 4.40 Å². The van der Waals surface area contributed by atoms with E-state index in [1.54, 1.807) is 17.6 Å². The van der Waals surface area contributed by atoms with Gasteiger partial charge in [0.15, 0.2) is 10.7 Å². The van der Waals surface area contributed by atoms with Crippen LogP contribution in [-0.4, -0.2) is 16.0 Å². The average molecular weight is 363 g/mol. The van der Waals surface area contributed by atoms with E-state index in [1.165, 1.54) is 0 Å². The number of imidazole rings is 1. The highest BCUT2D eigenvalue weighted by Crippen LogP contribution is 2.33. The molecule has 0 atom stereocenters. The molecule has 0 bridgehead atoms. The first-order chi connectivity index (χ1) is 12.8. The molecule has 5 nitrogen and oxygen atoms in total. The maximum Gasteiger partial charge on any atom is 0.195 e. The van der Waals surface area contributed by atoms with Gasteiger partial charge in [0, 0.05) is 5.38 Å². The van der Waals surface area contributed by atoms with Crippen molar-refractivity contribution in [2.75, 3.05) is 6.61 Å². The predicted molar refractivity (Wildman–Crippen MR) is 101 cm³/mol. The molecule has 0 unspecified atom stereocenters. The summed E-state index contributed by atoms with van der Waals surface area (Å²) in [5.41, 5.74) is 3.65. The first-order valence-electron chi connectivity index (χ1n) is 8.44. The van der Waals surface area contributed by atoms with Crippen molar-refractivity contribution < 1.29 is 9.15 Å². The summed E-state index contributed by atoms with van der Waals surface area (Å²) in [6.45, 7) is 2.80. The lowest BCUT2D eigenvalue weighted by atomic mass is 10.1. The van der Waals surface area contributed by atoms with E-state index >= 15 is 0 Å². The minimum absolute atomic E-state index is 0.263. The Morgan fingerprint density at radius 3 is 2.81 bits per heavy atom. The van der Waals surface area contributed by atoms with Gasteiger partial charge in [0.25, 0.3) is 0 Å². The lowest BCUT2D eigenvalue weighted by molar-refractivity contribution is 0.317. The summed E-state index contributed by atoms with van der Waals surface area (Å²) in [5, 5.41) is 11.4. The zero-order chi connectivity index (χ0) is 17.9. The topological polar surface area (TPSA) is 63.5 Å².